The van der Waals surface area contributed by atoms with Gasteiger partial charge in [-0.15, -0.1) is 0 Å². The smallest absolute Gasteiger partial charge is 0.0103 e. The van der Waals surface area contributed by atoms with Gasteiger partial charge in [-0.05, 0) is 47.2 Å². The molecule has 1 aromatic carbocycles. The van der Waals surface area contributed by atoms with Crippen molar-refractivity contribution in [3.05, 3.63) is 57.8 Å². The maximum atomic E-state index is 3.62. The molecule has 0 bridgehead atoms. The molecular weight excluding hydrogens is 280 g/mol. The Kier molecular flexibility index (Phi) is 4.19. The summed E-state index contributed by atoms with van der Waals surface area (Å²) >= 11 is 5.39. The predicted molar refractivity (Wildman–Crippen MR) is 75.7 cm³/mol. The van der Waals surface area contributed by atoms with Crippen molar-refractivity contribution in [2.75, 3.05) is 5.33 Å². The topological polar surface area (TPSA) is 0 Å². The number of hydrogen-bond acceptors (Lipinski definition) is 1. The monoisotopic (exact) mass is 294 g/mol. The molecular formula is C14H15BrS. The first kappa shape index (κ1) is 11.9. The lowest BCUT2D eigenvalue weighted by Gasteiger charge is -2.13. The Labute approximate surface area is 109 Å². The highest BCUT2D eigenvalue weighted by Gasteiger charge is 2.10. The standard InChI is InChI=1S/C14H15BrS/c1-11-2-4-13(5-3-11)14(9-15)8-12-6-7-16-10-12/h2-7,10,14H,8-9H2,1H3. The minimum atomic E-state index is 0.579. The first-order valence-corrected chi connectivity index (χ1v) is 7.49. The molecule has 0 radical (unpaired) electrons. The molecule has 1 aromatic heterocycles. The Bertz CT molecular complexity index is 417. The van der Waals surface area contributed by atoms with Crippen LogP contribution >= 0.6 is 27.3 Å². The van der Waals surface area contributed by atoms with E-state index in [0.29, 0.717) is 5.92 Å². The van der Waals surface area contributed by atoms with Crippen molar-refractivity contribution in [1.29, 1.82) is 0 Å². The first-order valence-electron chi connectivity index (χ1n) is 5.43. The van der Waals surface area contributed by atoms with E-state index in [1.54, 1.807) is 11.3 Å². The summed E-state index contributed by atoms with van der Waals surface area (Å²) in [6, 6.07) is 11.1. The third-order valence-corrected chi connectivity index (χ3v) is 4.31. The minimum Gasteiger partial charge on any atom is -0.152 e. The van der Waals surface area contributed by atoms with Crippen LogP contribution in [0.1, 0.15) is 22.6 Å². The van der Waals surface area contributed by atoms with Gasteiger partial charge in [-0.1, -0.05) is 45.8 Å². The van der Waals surface area contributed by atoms with Crippen LogP contribution in [0.25, 0.3) is 0 Å². The molecule has 2 aromatic rings. The number of hydrogen-bond donors (Lipinski definition) is 0. The summed E-state index contributed by atoms with van der Waals surface area (Å²) in [6.45, 7) is 2.13. The van der Waals surface area contributed by atoms with Gasteiger partial charge in [0.1, 0.15) is 0 Å². The second-order valence-corrected chi connectivity index (χ2v) is 5.53. The SMILES string of the molecule is Cc1ccc(C(CBr)Cc2ccsc2)cc1. The highest BCUT2D eigenvalue weighted by atomic mass is 79.9. The summed E-state index contributed by atoms with van der Waals surface area (Å²) in [5.41, 5.74) is 4.19. The van der Waals surface area contributed by atoms with E-state index < -0.39 is 0 Å². The highest BCUT2D eigenvalue weighted by Crippen LogP contribution is 2.24. The van der Waals surface area contributed by atoms with Crippen LogP contribution in [0.2, 0.25) is 0 Å². The molecule has 1 unspecified atom stereocenters. The molecule has 2 rings (SSSR count). The van der Waals surface area contributed by atoms with Crippen molar-refractivity contribution in [2.45, 2.75) is 19.3 Å². The van der Waals surface area contributed by atoms with E-state index in [9.17, 15) is 0 Å². The lowest BCUT2D eigenvalue weighted by atomic mass is 9.94. The van der Waals surface area contributed by atoms with Gasteiger partial charge in [-0.3, -0.25) is 0 Å². The summed E-state index contributed by atoms with van der Waals surface area (Å²) in [6.07, 6.45) is 1.12. The van der Waals surface area contributed by atoms with Crippen molar-refractivity contribution in [3.63, 3.8) is 0 Å². The zero-order chi connectivity index (χ0) is 11.4. The van der Waals surface area contributed by atoms with Crippen LogP contribution < -0.4 is 0 Å². The van der Waals surface area contributed by atoms with Gasteiger partial charge in [0, 0.05) is 5.33 Å². The summed E-state index contributed by atoms with van der Waals surface area (Å²) < 4.78 is 0. The van der Waals surface area contributed by atoms with Crippen LogP contribution in [-0.2, 0) is 6.42 Å². The van der Waals surface area contributed by atoms with Crippen molar-refractivity contribution < 1.29 is 0 Å². The van der Waals surface area contributed by atoms with Crippen LogP contribution in [0.3, 0.4) is 0 Å². The van der Waals surface area contributed by atoms with Gasteiger partial charge in [-0.2, -0.15) is 11.3 Å². The van der Waals surface area contributed by atoms with Gasteiger partial charge in [0.15, 0.2) is 0 Å². The Morgan fingerprint density at radius 3 is 2.50 bits per heavy atom. The van der Waals surface area contributed by atoms with Gasteiger partial charge in [0.25, 0.3) is 0 Å². The fourth-order valence-corrected chi connectivity index (χ4v) is 3.08. The lowest BCUT2D eigenvalue weighted by molar-refractivity contribution is 0.777. The number of aryl methyl sites for hydroxylation is 1. The molecule has 84 valence electrons. The van der Waals surface area contributed by atoms with Crippen LogP contribution in [0.4, 0.5) is 0 Å². The van der Waals surface area contributed by atoms with Gasteiger partial charge in [-0.25, -0.2) is 0 Å². The third-order valence-electron chi connectivity index (χ3n) is 2.80. The molecule has 0 N–H and O–H groups in total. The first-order chi connectivity index (χ1) is 7.79. The molecule has 0 aliphatic rings. The maximum absolute atomic E-state index is 3.62. The molecule has 0 aliphatic heterocycles. The largest absolute Gasteiger partial charge is 0.152 e. The molecule has 0 saturated heterocycles. The molecule has 0 spiro atoms. The van der Waals surface area contributed by atoms with Gasteiger partial charge in [0.05, 0.1) is 0 Å². The van der Waals surface area contributed by atoms with Crippen LogP contribution in [-0.4, -0.2) is 5.33 Å². The summed E-state index contributed by atoms with van der Waals surface area (Å²) in [5.74, 6) is 0.579. The molecule has 16 heavy (non-hydrogen) atoms. The van der Waals surface area contributed by atoms with Gasteiger partial charge < -0.3 is 0 Å². The van der Waals surface area contributed by atoms with E-state index in [2.05, 4.69) is 63.9 Å². The highest BCUT2D eigenvalue weighted by molar-refractivity contribution is 9.09. The van der Waals surface area contributed by atoms with E-state index in [0.717, 1.165) is 11.8 Å². The quantitative estimate of drug-likeness (QED) is 0.712. The number of halogens is 1. The average Bonchev–Trinajstić information content (AvgIpc) is 2.80. The van der Waals surface area contributed by atoms with E-state index >= 15 is 0 Å². The van der Waals surface area contributed by atoms with Crippen molar-refractivity contribution in [2.24, 2.45) is 0 Å². The molecule has 0 saturated carbocycles. The van der Waals surface area contributed by atoms with Gasteiger partial charge in [0.2, 0.25) is 0 Å². The van der Waals surface area contributed by atoms with Crippen LogP contribution in [0.15, 0.2) is 41.1 Å². The Morgan fingerprint density at radius 1 is 1.19 bits per heavy atom. The molecule has 1 atom stereocenters. The molecule has 1 heterocycles. The fourth-order valence-electron chi connectivity index (χ4n) is 1.79. The van der Waals surface area contributed by atoms with E-state index in [-0.39, 0.29) is 0 Å². The maximum Gasteiger partial charge on any atom is 0.0103 e. The Balaban J connectivity index is 2.13. The lowest BCUT2D eigenvalue weighted by Crippen LogP contribution is -2.03. The zero-order valence-electron chi connectivity index (χ0n) is 9.32. The van der Waals surface area contributed by atoms with Crippen LogP contribution in [0.5, 0.6) is 0 Å². The summed E-state index contributed by atoms with van der Waals surface area (Å²) in [4.78, 5) is 0. The van der Waals surface area contributed by atoms with E-state index in [1.165, 1.54) is 16.7 Å². The molecule has 0 aliphatic carbocycles. The minimum absolute atomic E-state index is 0.579. The number of benzene rings is 1. The number of rotatable bonds is 4. The normalized spacial score (nSPS) is 12.6. The fraction of sp³-hybridized carbons (Fsp3) is 0.286. The van der Waals surface area contributed by atoms with Gasteiger partial charge >= 0.3 is 0 Å². The van der Waals surface area contributed by atoms with E-state index in [1.807, 2.05) is 0 Å². The number of thiophene rings is 1. The predicted octanol–water partition coefficient (Wildman–Crippen LogP) is 4.78. The number of alkyl halides is 1. The average molecular weight is 295 g/mol. The molecule has 0 fully saturated rings. The molecule has 0 amide bonds. The van der Waals surface area contributed by atoms with Crippen molar-refractivity contribution in [1.82, 2.24) is 0 Å². The summed E-state index contributed by atoms with van der Waals surface area (Å²) in [7, 11) is 0. The zero-order valence-corrected chi connectivity index (χ0v) is 11.7. The third kappa shape index (κ3) is 2.96. The summed E-state index contributed by atoms with van der Waals surface area (Å²) in [5, 5.41) is 5.41. The molecule has 2 heteroatoms. The Morgan fingerprint density at radius 2 is 1.94 bits per heavy atom. The van der Waals surface area contributed by atoms with Crippen molar-refractivity contribution in [3.8, 4) is 0 Å². The van der Waals surface area contributed by atoms with Crippen molar-refractivity contribution >= 4 is 27.3 Å². The Hall–Kier alpha value is -0.600. The second-order valence-electron chi connectivity index (χ2n) is 4.10. The van der Waals surface area contributed by atoms with E-state index in [4.69, 9.17) is 0 Å². The second kappa shape index (κ2) is 5.65. The molecule has 0 nitrogen and oxygen atoms in total. The van der Waals surface area contributed by atoms with Crippen LogP contribution in [0, 0.1) is 6.92 Å².